The van der Waals surface area contributed by atoms with Crippen LogP contribution in [0.2, 0.25) is 0 Å². The van der Waals surface area contributed by atoms with Gasteiger partial charge in [-0.1, -0.05) is 31.4 Å². The number of carboxylic acids is 2. The van der Waals surface area contributed by atoms with Gasteiger partial charge in [0.05, 0.1) is 11.9 Å². The monoisotopic (exact) mass is 324 g/mol. The third-order valence-corrected chi connectivity index (χ3v) is 3.75. The zero-order chi connectivity index (χ0) is 14.0. The van der Waals surface area contributed by atoms with Gasteiger partial charge >= 0.3 is 17.1 Å². The molecule has 0 aliphatic heterocycles. The fourth-order valence-electron chi connectivity index (χ4n) is 2.80. The second kappa shape index (κ2) is 6.77. The minimum absolute atomic E-state index is 0. The molecule has 0 bridgehead atoms. The van der Waals surface area contributed by atoms with E-state index in [-0.39, 0.29) is 28.7 Å². The van der Waals surface area contributed by atoms with E-state index in [1.54, 1.807) is 6.07 Å². The van der Waals surface area contributed by atoms with Crippen molar-refractivity contribution in [2.45, 2.75) is 38.0 Å². The van der Waals surface area contributed by atoms with Gasteiger partial charge in [0.25, 0.3) is 0 Å². The molecule has 2 rings (SSSR count). The Labute approximate surface area is 127 Å². The van der Waals surface area contributed by atoms with Crippen molar-refractivity contribution in [2.75, 3.05) is 5.73 Å². The third kappa shape index (κ3) is 3.14. The first-order valence-electron chi connectivity index (χ1n) is 6.37. The number of carbonyl (C=O) groups excluding carboxylic acids is 2. The van der Waals surface area contributed by atoms with Crippen LogP contribution in [0.1, 0.15) is 64.3 Å². The van der Waals surface area contributed by atoms with Gasteiger partial charge in [0, 0.05) is 16.8 Å². The maximum atomic E-state index is 11.1. The summed E-state index contributed by atoms with van der Waals surface area (Å²) in [7, 11) is 0. The molecule has 0 spiro atoms. The molecular weight excluding hydrogens is 310 g/mol. The van der Waals surface area contributed by atoms with Crippen molar-refractivity contribution in [3.05, 3.63) is 28.8 Å². The SMILES string of the molecule is Nc1c(C2CCCCC2)ccc(C(=O)[O-])c1C(=O)[O-].[Cu+2]. The van der Waals surface area contributed by atoms with Crippen LogP contribution in [0.5, 0.6) is 0 Å². The van der Waals surface area contributed by atoms with Crippen molar-refractivity contribution >= 4 is 17.6 Å². The average molecular weight is 325 g/mol. The Balaban J connectivity index is 0.00000200. The van der Waals surface area contributed by atoms with E-state index < -0.39 is 23.1 Å². The van der Waals surface area contributed by atoms with Gasteiger partial charge in [-0.2, -0.15) is 0 Å². The van der Waals surface area contributed by atoms with Crippen LogP contribution in [0.3, 0.4) is 0 Å². The Kier molecular flexibility index (Phi) is 5.60. The van der Waals surface area contributed by atoms with E-state index in [1.165, 1.54) is 12.5 Å². The fraction of sp³-hybridized carbons (Fsp3) is 0.429. The molecule has 1 aliphatic rings. The Morgan fingerprint density at radius 1 is 1.05 bits per heavy atom. The number of hydrogen-bond donors (Lipinski definition) is 1. The van der Waals surface area contributed by atoms with Crippen molar-refractivity contribution in [3.63, 3.8) is 0 Å². The number of carbonyl (C=O) groups is 2. The van der Waals surface area contributed by atoms with Crippen LogP contribution in [0.25, 0.3) is 0 Å². The van der Waals surface area contributed by atoms with Crippen LogP contribution in [0, 0.1) is 0 Å². The Morgan fingerprint density at radius 3 is 2.15 bits per heavy atom. The van der Waals surface area contributed by atoms with Gasteiger partial charge in [-0.15, -0.1) is 0 Å². The number of anilines is 1. The molecule has 0 atom stereocenters. The summed E-state index contributed by atoms with van der Waals surface area (Å²) in [6, 6.07) is 2.85. The summed E-state index contributed by atoms with van der Waals surface area (Å²) in [6.45, 7) is 0. The van der Waals surface area contributed by atoms with Gasteiger partial charge in [-0.25, -0.2) is 0 Å². The third-order valence-electron chi connectivity index (χ3n) is 3.75. The van der Waals surface area contributed by atoms with Crippen LogP contribution in [0.15, 0.2) is 12.1 Å². The molecule has 20 heavy (non-hydrogen) atoms. The molecule has 0 heterocycles. The predicted molar refractivity (Wildman–Crippen MR) is 65.3 cm³/mol. The van der Waals surface area contributed by atoms with Crippen molar-refractivity contribution in [2.24, 2.45) is 0 Å². The fourth-order valence-corrected chi connectivity index (χ4v) is 2.80. The zero-order valence-corrected chi connectivity index (χ0v) is 11.7. The minimum atomic E-state index is -1.57. The van der Waals surface area contributed by atoms with E-state index >= 15 is 0 Å². The molecule has 6 heteroatoms. The van der Waals surface area contributed by atoms with Crippen LogP contribution in [0.4, 0.5) is 5.69 Å². The molecule has 1 aliphatic carbocycles. The summed E-state index contributed by atoms with van der Waals surface area (Å²) in [4.78, 5) is 22.0. The smallest absolute Gasteiger partial charge is 0.545 e. The molecule has 0 amide bonds. The number of hydrogen-bond acceptors (Lipinski definition) is 5. The van der Waals surface area contributed by atoms with Gasteiger partial charge in [-0.3, -0.25) is 0 Å². The molecule has 1 fully saturated rings. The molecule has 0 unspecified atom stereocenters. The Bertz CT molecular complexity index is 524. The van der Waals surface area contributed by atoms with Crippen LogP contribution >= 0.6 is 0 Å². The van der Waals surface area contributed by atoms with Crippen molar-refractivity contribution in [3.8, 4) is 0 Å². The van der Waals surface area contributed by atoms with E-state index in [1.807, 2.05) is 0 Å². The summed E-state index contributed by atoms with van der Waals surface area (Å²) >= 11 is 0. The van der Waals surface area contributed by atoms with Crippen molar-refractivity contribution in [1.82, 2.24) is 0 Å². The maximum absolute atomic E-state index is 11.1. The Hall–Kier alpha value is -1.52. The van der Waals surface area contributed by atoms with Crippen molar-refractivity contribution in [1.29, 1.82) is 0 Å². The number of carboxylic acid groups (broad SMARTS) is 2. The molecule has 0 saturated heterocycles. The van der Waals surface area contributed by atoms with Gasteiger partial charge < -0.3 is 25.5 Å². The normalized spacial score (nSPS) is 15.4. The second-order valence-corrected chi connectivity index (χ2v) is 4.90. The molecule has 1 saturated carbocycles. The van der Waals surface area contributed by atoms with E-state index in [9.17, 15) is 19.8 Å². The first-order chi connectivity index (χ1) is 9.02. The summed E-state index contributed by atoms with van der Waals surface area (Å²) in [6.07, 6.45) is 5.21. The summed E-state index contributed by atoms with van der Waals surface area (Å²) in [5.74, 6) is -2.93. The second-order valence-electron chi connectivity index (χ2n) is 4.90. The van der Waals surface area contributed by atoms with Gasteiger partial charge in [0.1, 0.15) is 0 Å². The first-order valence-corrected chi connectivity index (χ1v) is 6.37. The van der Waals surface area contributed by atoms with E-state index in [0.717, 1.165) is 25.7 Å². The summed E-state index contributed by atoms with van der Waals surface area (Å²) < 4.78 is 0. The predicted octanol–water partition coefficient (Wildman–Crippen LogP) is 0.0410. The van der Waals surface area contributed by atoms with Crippen LogP contribution in [-0.4, -0.2) is 11.9 Å². The maximum Gasteiger partial charge on any atom is 2.00 e. The van der Waals surface area contributed by atoms with E-state index in [2.05, 4.69) is 0 Å². The standard InChI is InChI=1S/C14H17NO4.Cu/c15-12-9(8-4-2-1-3-5-8)6-7-10(13(16)17)11(12)14(18)19;/h6-8H,1-5,15H2,(H,16,17)(H,18,19);/q;+2/p-2. The molecule has 1 aromatic carbocycles. The number of aromatic carboxylic acids is 2. The molecule has 5 nitrogen and oxygen atoms in total. The molecule has 2 N–H and O–H groups in total. The largest absolute Gasteiger partial charge is 2.00 e. The molecule has 1 aromatic rings. The van der Waals surface area contributed by atoms with Gasteiger partial charge in [0.15, 0.2) is 0 Å². The van der Waals surface area contributed by atoms with Gasteiger partial charge in [-0.05, 0) is 24.3 Å². The minimum Gasteiger partial charge on any atom is -0.545 e. The number of nitrogens with two attached hydrogens (primary N) is 1. The van der Waals surface area contributed by atoms with E-state index in [0.29, 0.717) is 5.56 Å². The number of rotatable bonds is 3. The summed E-state index contributed by atoms with van der Waals surface area (Å²) in [5.41, 5.74) is 5.69. The number of nitrogen functional groups attached to an aromatic ring is 1. The zero-order valence-electron chi connectivity index (χ0n) is 10.8. The Morgan fingerprint density at radius 2 is 1.65 bits per heavy atom. The van der Waals surface area contributed by atoms with E-state index in [4.69, 9.17) is 5.73 Å². The quantitative estimate of drug-likeness (QED) is 0.624. The molecule has 111 valence electrons. The summed E-state index contributed by atoms with van der Waals surface area (Å²) in [5, 5.41) is 22.0. The molecular formula is C14H15CuNO4. The van der Waals surface area contributed by atoms with Crippen molar-refractivity contribution < 1.29 is 36.9 Å². The number of benzene rings is 1. The molecule has 1 radical (unpaired) electrons. The van der Waals surface area contributed by atoms with Gasteiger partial charge in [0.2, 0.25) is 0 Å². The first kappa shape index (κ1) is 16.5. The topological polar surface area (TPSA) is 106 Å². The van der Waals surface area contributed by atoms with Crippen LogP contribution < -0.4 is 15.9 Å². The average Bonchev–Trinajstić information content (AvgIpc) is 2.38. The molecule has 0 aromatic heterocycles. The van der Waals surface area contributed by atoms with Crippen LogP contribution in [-0.2, 0) is 17.1 Å².